The molecule has 7 nitrogen and oxygen atoms in total. The molecule has 2 N–H and O–H groups in total. The summed E-state index contributed by atoms with van der Waals surface area (Å²) < 4.78 is 0. The molecule has 0 spiro atoms. The number of nitrogens with one attached hydrogen (secondary N) is 2. The summed E-state index contributed by atoms with van der Waals surface area (Å²) in [5, 5.41) is 6.10. The van der Waals surface area contributed by atoms with E-state index in [0.717, 1.165) is 55.4 Å². The molecule has 194 valence electrons. The first-order valence-electron chi connectivity index (χ1n) is 13.0. The Kier molecular flexibility index (Phi) is 7.65. The number of hydrogen-bond donors (Lipinski definition) is 2. The van der Waals surface area contributed by atoms with Crippen LogP contribution < -0.4 is 15.5 Å². The lowest BCUT2D eigenvalue weighted by Gasteiger charge is -2.36. The summed E-state index contributed by atoms with van der Waals surface area (Å²) in [6.45, 7) is 11.0. The highest BCUT2D eigenvalue weighted by molar-refractivity contribution is 5.88. The van der Waals surface area contributed by atoms with Gasteiger partial charge in [-0.3, -0.25) is 9.69 Å². The first-order chi connectivity index (χ1) is 18.4. The maximum atomic E-state index is 11.2. The number of hydrogen-bond acceptors (Lipinski definition) is 6. The van der Waals surface area contributed by atoms with Crippen LogP contribution in [0.5, 0.6) is 0 Å². The Morgan fingerprint density at radius 3 is 2.16 bits per heavy atom. The Morgan fingerprint density at radius 1 is 0.842 bits per heavy atom. The minimum Gasteiger partial charge on any atom is -0.369 e. The normalized spacial score (nSPS) is 13.8. The Balaban J connectivity index is 1.17. The van der Waals surface area contributed by atoms with Crippen LogP contribution in [0.25, 0.3) is 11.3 Å². The molecule has 0 aliphatic carbocycles. The molecule has 38 heavy (non-hydrogen) atoms. The van der Waals surface area contributed by atoms with E-state index in [1.165, 1.54) is 29.3 Å². The number of aromatic nitrogens is 2. The third-order valence-corrected chi connectivity index (χ3v) is 6.71. The van der Waals surface area contributed by atoms with Gasteiger partial charge in [-0.25, -0.2) is 9.97 Å². The van der Waals surface area contributed by atoms with Crippen molar-refractivity contribution < 1.29 is 4.79 Å². The molecule has 0 atom stereocenters. The van der Waals surface area contributed by atoms with Crippen molar-refractivity contribution in [2.75, 3.05) is 41.7 Å². The zero-order chi connectivity index (χ0) is 26.5. The summed E-state index contributed by atoms with van der Waals surface area (Å²) in [6, 6.07) is 24.8. The van der Waals surface area contributed by atoms with Crippen LogP contribution in [0.2, 0.25) is 0 Å². The van der Waals surface area contributed by atoms with Gasteiger partial charge in [0.05, 0.1) is 5.69 Å². The fourth-order valence-corrected chi connectivity index (χ4v) is 4.97. The van der Waals surface area contributed by atoms with E-state index in [9.17, 15) is 4.79 Å². The van der Waals surface area contributed by atoms with Crippen molar-refractivity contribution in [3.8, 4) is 11.3 Å². The first kappa shape index (κ1) is 25.4. The van der Waals surface area contributed by atoms with Crippen LogP contribution in [0.1, 0.15) is 23.6 Å². The molecule has 0 bridgehead atoms. The molecule has 1 saturated heterocycles. The molecule has 0 saturated carbocycles. The Labute approximate surface area is 224 Å². The van der Waals surface area contributed by atoms with E-state index in [-0.39, 0.29) is 5.91 Å². The minimum absolute atomic E-state index is 0.0901. The van der Waals surface area contributed by atoms with Crippen molar-refractivity contribution in [3.05, 3.63) is 95.7 Å². The summed E-state index contributed by atoms with van der Waals surface area (Å²) in [5.41, 5.74) is 8.78. The van der Waals surface area contributed by atoms with Crippen molar-refractivity contribution in [3.63, 3.8) is 0 Å². The highest BCUT2D eigenvalue weighted by Gasteiger charge is 2.17. The van der Waals surface area contributed by atoms with Gasteiger partial charge in [-0.2, -0.15) is 0 Å². The highest BCUT2D eigenvalue weighted by atomic mass is 16.1. The summed E-state index contributed by atoms with van der Waals surface area (Å²) in [5.74, 6) is 0.453. The third-order valence-electron chi connectivity index (χ3n) is 6.71. The molecular formula is C31H34N6O. The van der Waals surface area contributed by atoms with Crippen molar-refractivity contribution in [2.24, 2.45) is 0 Å². The molecule has 1 fully saturated rings. The van der Waals surface area contributed by atoms with E-state index in [4.69, 9.17) is 0 Å². The van der Waals surface area contributed by atoms with Crippen molar-refractivity contribution in [1.29, 1.82) is 0 Å². The number of carbonyl (C=O) groups excluding carboxylic acids is 1. The average Bonchev–Trinajstić information content (AvgIpc) is 2.89. The number of amides is 1. The van der Waals surface area contributed by atoms with Gasteiger partial charge in [0.2, 0.25) is 11.9 Å². The van der Waals surface area contributed by atoms with Gasteiger partial charge < -0.3 is 15.5 Å². The predicted octanol–water partition coefficient (Wildman–Crippen LogP) is 5.78. The average molecular weight is 507 g/mol. The van der Waals surface area contributed by atoms with Gasteiger partial charge in [-0.05, 0) is 61.9 Å². The molecule has 3 aromatic carbocycles. The van der Waals surface area contributed by atoms with E-state index in [1.807, 2.05) is 30.3 Å². The standard InChI is InChI=1S/C31H34N6O/c1-22-18-23(2)20-25(19-22)21-36-14-16-37(17-15-36)29-10-8-28(9-11-29)34-31-32-13-12-30(35-31)26-4-6-27(7-5-26)33-24(3)38/h4-13,18-20H,14-17,21H2,1-3H3,(H,33,38)(H,32,34,35). The van der Waals surface area contributed by atoms with Gasteiger partial charge in [-0.1, -0.05) is 41.5 Å². The van der Waals surface area contributed by atoms with Crippen LogP contribution in [0.15, 0.2) is 79.0 Å². The fourth-order valence-electron chi connectivity index (χ4n) is 4.97. The zero-order valence-corrected chi connectivity index (χ0v) is 22.2. The molecule has 1 amide bonds. The van der Waals surface area contributed by atoms with E-state index >= 15 is 0 Å². The molecule has 7 heteroatoms. The molecule has 0 unspecified atom stereocenters. The van der Waals surface area contributed by atoms with Crippen LogP contribution in [-0.2, 0) is 11.3 Å². The lowest BCUT2D eigenvalue weighted by molar-refractivity contribution is -0.114. The largest absolute Gasteiger partial charge is 0.369 e. The number of piperazine rings is 1. The number of aryl methyl sites for hydroxylation is 2. The van der Waals surface area contributed by atoms with Crippen LogP contribution >= 0.6 is 0 Å². The lowest BCUT2D eigenvalue weighted by atomic mass is 10.1. The summed E-state index contributed by atoms with van der Waals surface area (Å²) >= 11 is 0. The molecule has 1 aliphatic heterocycles. The Morgan fingerprint density at radius 2 is 1.50 bits per heavy atom. The monoisotopic (exact) mass is 506 g/mol. The quantitative estimate of drug-likeness (QED) is 0.331. The molecule has 5 rings (SSSR count). The van der Waals surface area contributed by atoms with Gasteiger partial charge >= 0.3 is 0 Å². The number of rotatable bonds is 7. The van der Waals surface area contributed by atoms with Crippen LogP contribution in [-0.4, -0.2) is 47.0 Å². The van der Waals surface area contributed by atoms with Crippen LogP contribution in [0.4, 0.5) is 23.0 Å². The SMILES string of the molecule is CC(=O)Nc1ccc(-c2ccnc(Nc3ccc(N4CCN(Cc5cc(C)cc(C)c5)CC4)cc3)n2)cc1. The van der Waals surface area contributed by atoms with E-state index in [1.54, 1.807) is 6.20 Å². The summed E-state index contributed by atoms with van der Waals surface area (Å²) in [6.07, 6.45) is 1.75. The Bertz CT molecular complexity index is 1370. The summed E-state index contributed by atoms with van der Waals surface area (Å²) in [4.78, 5) is 25.3. The van der Waals surface area contributed by atoms with Crippen LogP contribution in [0, 0.1) is 13.8 Å². The van der Waals surface area contributed by atoms with Gasteiger partial charge in [0.25, 0.3) is 0 Å². The number of nitrogens with zero attached hydrogens (tertiary/aromatic N) is 4. The summed E-state index contributed by atoms with van der Waals surface area (Å²) in [7, 11) is 0. The van der Waals surface area contributed by atoms with E-state index < -0.39 is 0 Å². The molecule has 4 aromatic rings. The van der Waals surface area contributed by atoms with Gasteiger partial charge in [-0.15, -0.1) is 0 Å². The molecule has 1 aromatic heterocycles. The maximum absolute atomic E-state index is 11.2. The second-order valence-electron chi connectivity index (χ2n) is 9.96. The highest BCUT2D eigenvalue weighted by Crippen LogP contribution is 2.24. The zero-order valence-electron chi connectivity index (χ0n) is 22.2. The van der Waals surface area contributed by atoms with Gasteiger partial charge in [0.1, 0.15) is 0 Å². The molecular weight excluding hydrogens is 472 g/mol. The smallest absolute Gasteiger partial charge is 0.227 e. The van der Waals surface area contributed by atoms with Crippen molar-refractivity contribution >= 4 is 28.9 Å². The van der Waals surface area contributed by atoms with Crippen molar-refractivity contribution in [1.82, 2.24) is 14.9 Å². The van der Waals surface area contributed by atoms with Crippen LogP contribution in [0.3, 0.4) is 0 Å². The number of benzene rings is 3. The molecule has 1 aliphatic rings. The molecule has 0 radical (unpaired) electrons. The van der Waals surface area contributed by atoms with E-state index in [0.29, 0.717) is 5.95 Å². The Hall–Kier alpha value is -4.23. The number of carbonyl (C=O) groups is 1. The maximum Gasteiger partial charge on any atom is 0.227 e. The second kappa shape index (κ2) is 11.4. The third kappa shape index (κ3) is 6.55. The second-order valence-corrected chi connectivity index (χ2v) is 9.96. The number of anilines is 4. The first-order valence-corrected chi connectivity index (χ1v) is 13.0. The predicted molar refractivity (Wildman–Crippen MR) is 155 cm³/mol. The molecule has 2 heterocycles. The van der Waals surface area contributed by atoms with E-state index in [2.05, 4.69) is 86.7 Å². The minimum atomic E-state index is -0.0901. The fraction of sp³-hybridized carbons (Fsp3) is 0.258. The van der Waals surface area contributed by atoms with Gasteiger partial charge in [0.15, 0.2) is 0 Å². The van der Waals surface area contributed by atoms with Gasteiger partial charge in [0, 0.05) is 68.5 Å². The lowest BCUT2D eigenvalue weighted by Crippen LogP contribution is -2.45. The van der Waals surface area contributed by atoms with Crippen molar-refractivity contribution in [2.45, 2.75) is 27.3 Å². The topological polar surface area (TPSA) is 73.4 Å².